The maximum absolute atomic E-state index is 13.9. The van der Waals surface area contributed by atoms with Gasteiger partial charge in [0.25, 0.3) is 0 Å². The number of ether oxygens (including phenoxy) is 1. The van der Waals surface area contributed by atoms with E-state index in [2.05, 4.69) is 0 Å². The van der Waals surface area contributed by atoms with Crippen LogP contribution in [0.2, 0.25) is 0 Å². The summed E-state index contributed by atoms with van der Waals surface area (Å²) >= 11 is 0. The van der Waals surface area contributed by atoms with Crippen LogP contribution in [0.15, 0.2) is 76.9 Å². The Kier molecular flexibility index (Phi) is 5.94. The molecule has 1 saturated heterocycles. The van der Waals surface area contributed by atoms with Crippen molar-refractivity contribution in [1.82, 2.24) is 0 Å². The second-order valence-electron chi connectivity index (χ2n) is 10.8. The van der Waals surface area contributed by atoms with Gasteiger partial charge in [-0.1, -0.05) is 17.7 Å². The average molecular weight is 538 g/mol. The van der Waals surface area contributed by atoms with Crippen LogP contribution in [-0.2, 0) is 19.2 Å². The van der Waals surface area contributed by atoms with Gasteiger partial charge < -0.3 is 9.84 Å². The van der Waals surface area contributed by atoms with Gasteiger partial charge >= 0.3 is 0 Å². The molecule has 6 rings (SSSR count). The molecule has 3 aliphatic carbocycles. The Labute approximate surface area is 230 Å². The van der Waals surface area contributed by atoms with Gasteiger partial charge in [0.1, 0.15) is 11.5 Å². The monoisotopic (exact) mass is 537 g/mol. The predicted molar refractivity (Wildman–Crippen MR) is 145 cm³/mol. The summed E-state index contributed by atoms with van der Waals surface area (Å²) in [6.07, 6.45) is 3.67. The molecule has 0 spiro atoms. The zero-order chi connectivity index (χ0) is 28.5. The first-order valence-electron chi connectivity index (χ1n) is 13.2. The lowest BCUT2D eigenvalue weighted by atomic mass is 9.59. The molecule has 4 atom stereocenters. The maximum atomic E-state index is 13.9. The Morgan fingerprint density at radius 1 is 1.00 bits per heavy atom. The molecule has 1 fully saturated rings. The van der Waals surface area contributed by atoms with Crippen LogP contribution in [0.5, 0.6) is 11.5 Å². The third-order valence-corrected chi connectivity index (χ3v) is 8.65. The van der Waals surface area contributed by atoms with Crippen LogP contribution in [-0.4, -0.2) is 41.4 Å². The Morgan fingerprint density at radius 3 is 2.38 bits per heavy atom. The van der Waals surface area contributed by atoms with Crippen molar-refractivity contribution < 1.29 is 33.8 Å². The highest BCUT2D eigenvalue weighted by molar-refractivity contribution is 6.25. The minimum atomic E-state index is -0.743. The number of anilines is 1. The van der Waals surface area contributed by atoms with Crippen molar-refractivity contribution in [3.8, 4) is 11.5 Å². The highest BCUT2D eigenvalue weighted by Gasteiger charge is 2.56. The predicted octanol–water partition coefficient (Wildman–Crippen LogP) is 4.24. The van der Waals surface area contributed by atoms with E-state index in [1.165, 1.54) is 31.1 Å². The number of phenols is 1. The fourth-order valence-electron chi connectivity index (χ4n) is 6.71. The number of carbonyl (C=O) groups excluding carboxylic acids is 5. The molecule has 0 bridgehead atoms. The lowest BCUT2D eigenvalue weighted by molar-refractivity contribution is -0.123. The molecular formula is C32H27NO7. The van der Waals surface area contributed by atoms with Gasteiger partial charge in [0.2, 0.25) is 11.8 Å². The molecule has 0 saturated carbocycles. The summed E-state index contributed by atoms with van der Waals surface area (Å²) in [6.45, 7) is 3.04. The summed E-state index contributed by atoms with van der Waals surface area (Å²) in [5.41, 5.74) is 3.02. The van der Waals surface area contributed by atoms with Crippen molar-refractivity contribution in [2.75, 3.05) is 12.0 Å². The molecule has 40 heavy (non-hydrogen) atoms. The molecule has 2 aromatic rings. The van der Waals surface area contributed by atoms with Gasteiger partial charge in [-0.15, -0.1) is 0 Å². The zero-order valence-corrected chi connectivity index (χ0v) is 22.3. The second kappa shape index (κ2) is 9.26. The van der Waals surface area contributed by atoms with E-state index < -0.39 is 23.7 Å². The van der Waals surface area contributed by atoms with Crippen LogP contribution < -0.4 is 9.64 Å². The molecule has 1 heterocycles. The maximum Gasteiger partial charge on any atom is 0.238 e. The third-order valence-electron chi connectivity index (χ3n) is 8.65. The van der Waals surface area contributed by atoms with E-state index in [0.717, 1.165) is 5.57 Å². The Bertz CT molecular complexity index is 1620. The SMILES string of the molecule is COc1ccc([C@H]2C3=CC[C@@H]4C(=O)N(c5ccc(C(C)=O)cc5)C(=O)[C@@H]4[C@@H]3CC3=C2C(=O)C(C)=CC3=O)c(O)c1. The number of rotatable bonds is 4. The molecule has 2 amide bonds. The number of fused-ring (bicyclic) bond motifs is 3. The number of phenolic OH excluding ortho intramolecular Hbond substituents is 1. The first kappa shape index (κ1) is 25.7. The summed E-state index contributed by atoms with van der Waals surface area (Å²) in [6, 6.07) is 11.2. The molecule has 1 aliphatic heterocycles. The smallest absolute Gasteiger partial charge is 0.238 e. The van der Waals surface area contributed by atoms with Gasteiger partial charge in [0.15, 0.2) is 17.3 Å². The van der Waals surface area contributed by atoms with Gasteiger partial charge in [-0.05, 0) is 69.0 Å². The molecule has 0 unspecified atom stereocenters. The summed E-state index contributed by atoms with van der Waals surface area (Å²) in [7, 11) is 1.48. The van der Waals surface area contributed by atoms with Gasteiger partial charge in [-0.3, -0.25) is 28.9 Å². The summed E-state index contributed by atoms with van der Waals surface area (Å²) in [5, 5.41) is 11.0. The third kappa shape index (κ3) is 3.70. The Hall–Kier alpha value is -4.59. The van der Waals surface area contributed by atoms with Crippen molar-refractivity contribution in [2.45, 2.75) is 32.6 Å². The number of methoxy groups -OCH3 is 1. The lowest BCUT2D eigenvalue weighted by Gasteiger charge is -2.42. The molecule has 2 aromatic carbocycles. The van der Waals surface area contributed by atoms with Crippen molar-refractivity contribution in [3.63, 3.8) is 0 Å². The van der Waals surface area contributed by atoms with Gasteiger partial charge in [0, 0.05) is 39.8 Å². The minimum Gasteiger partial charge on any atom is -0.507 e. The fourth-order valence-corrected chi connectivity index (χ4v) is 6.71. The fraction of sp³-hybridized carbons (Fsp3) is 0.281. The number of imide groups is 1. The first-order chi connectivity index (χ1) is 19.1. The van der Waals surface area contributed by atoms with Crippen molar-refractivity contribution >= 4 is 34.9 Å². The first-order valence-corrected chi connectivity index (χ1v) is 13.2. The highest BCUT2D eigenvalue weighted by Crippen LogP contribution is 2.56. The van der Waals surface area contributed by atoms with Crippen LogP contribution in [0.1, 0.15) is 48.5 Å². The van der Waals surface area contributed by atoms with Gasteiger partial charge in [0.05, 0.1) is 24.6 Å². The minimum absolute atomic E-state index is 0.0895. The van der Waals surface area contributed by atoms with Gasteiger partial charge in [-0.2, -0.15) is 0 Å². The second-order valence-corrected chi connectivity index (χ2v) is 10.8. The van der Waals surface area contributed by atoms with E-state index in [-0.39, 0.29) is 47.8 Å². The Balaban J connectivity index is 1.46. The highest BCUT2D eigenvalue weighted by atomic mass is 16.5. The van der Waals surface area contributed by atoms with Crippen LogP contribution in [0.3, 0.4) is 0 Å². The number of hydrogen-bond donors (Lipinski definition) is 1. The molecule has 8 nitrogen and oxygen atoms in total. The average Bonchev–Trinajstić information content (AvgIpc) is 3.20. The van der Waals surface area contributed by atoms with Crippen molar-refractivity contribution in [2.24, 2.45) is 17.8 Å². The van der Waals surface area contributed by atoms with E-state index in [4.69, 9.17) is 4.74 Å². The quantitative estimate of drug-likeness (QED) is 0.268. The van der Waals surface area contributed by atoms with Crippen molar-refractivity contribution in [3.05, 3.63) is 88.0 Å². The molecule has 1 N–H and O–H groups in total. The number of ketones is 3. The number of hydrogen-bond acceptors (Lipinski definition) is 7. The van der Waals surface area contributed by atoms with E-state index in [1.54, 1.807) is 43.3 Å². The van der Waals surface area contributed by atoms with Crippen LogP contribution in [0.25, 0.3) is 0 Å². The lowest BCUT2D eigenvalue weighted by Crippen LogP contribution is -2.39. The van der Waals surface area contributed by atoms with Gasteiger partial charge in [-0.25, -0.2) is 0 Å². The normalized spacial score (nSPS) is 25.7. The standard InChI is InChI=1S/C32H27NO7/c1-15-12-25(35)24-14-23-20(27(29(24)30(15)37)21-9-8-19(40-3)13-26(21)36)10-11-22-28(23)32(39)33(31(22)38)18-6-4-17(5-7-18)16(2)34/h4-10,12-13,22-23,27-28,36H,11,14H2,1-3H3/t22-,23+,27+,28-/m0/s1. The molecule has 0 radical (unpaired) electrons. The van der Waals surface area contributed by atoms with Crippen LogP contribution in [0.4, 0.5) is 5.69 Å². The van der Waals surface area contributed by atoms with Crippen LogP contribution in [0, 0.1) is 17.8 Å². The van der Waals surface area contributed by atoms with E-state index in [0.29, 0.717) is 39.3 Å². The molecule has 202 valence electrons. The number of carbonyl (C=O) groups is 5. The molecular weight excluding hydrogens is 510 g/mol. The molecule has 0 aromatic heterocycles. The van der Waals surface area contributed by atoms with Crippen molar-refractivity contribution in [1.29, 1.82) is 0 Å². The van der Waals surface area contributed by atoms with E-state index in [9.17, 15) is 29.1 Å². The number of aromatic hydroxyl groups is 1. The molecule has 8 heteroatoms. The summed E-state index contributed by atoms with van der Waals surface area (Å²) in [4.78, 5) is 67.2. The Morgan fingerprint density at radius 2 is 1.73 bits per heavy atom. The summed E-state index contributed by atoms with van der Waals surface area (Å²) in [5.74, 6) is -3.63. The number of benzene rings is 2. The number of allylic oxidation sites excluding steroid dienone is 6. The number of Topliss-reactive ketones (excluding diaryl/α,β-unsaturated/α-hetero) is 2. The summed E-state index contributed by atoms with van der Waals surface area (Å²) < 4.78 is 5.24. The van der Waals surface area contributed by atoms with Crippen LogP contribution >= 0.6 is 0 Å². The van der Waals surface area contributed by atoms with E-state index >= 15 is 0 Å². The van der Waals surface area contributed by atoms with E-state index in [1.807, 2.05) is 6.08 Å². The zero-order valence-electron chi connectivity index (χ0n) is 22.3. The number of nitrogens with zero attached hydrogens (tertiary/aromatic N) is 1. The molecule has 4 aliphatic rings. The topological polar surface area (TPSA) is 118 Å². The number of amides is 2. The largest absolute Gasteiger partial charge is 0.507 e.